The first-order valence-electron chi connectivity index (χ1n) is 1.85. The summed E-state index contributed by atoms with van der Waals surface area (Å²) in [4.78, 5) is -0.125. The van der Waals surface area contributed by atoms with Crippen LogP contribution >= 0.6 is 0 Å². The smallest absolute Gasteiger partial charge is 0.0710 e. The zero-order valence-electron chi connectivity index (χ0n) is 3.92. The summed E-state index contributed by atoms with van der Waals surface area (Å²) in [5.74, 6) is 0. The van der Waals surface area contributed by atoms with Crippen molar-refractivity contribution in [1.82, 2.24) is 5.43 Å². The van der Waals surface area contributed by atoms with Crippen LogP contribution in [0.3, 0.4) is 0 Å². The maximum atomic E-state index is 9.74. The van der Waals surface area contributed by atoms with Gasteiger partial charge in [-0.1, -0.05) is 0 Å². The Kier molecular flexibility index (Phi) is 2.74. The van der Waals surface area contributed by atoms with Crippen molar-refractivity contribution in [3.8, 4) is 0 Å². The van der Waals surface area contributed by atoms with Gasteiger partial charge in [0.05, 0.1) is 6.54 Å². The van der Waals surface area contributed by atoms with Gasteiger partial charge < -0.3 is 10.4 Å². The van der Waals surface area contributed by atoms with Crippen molar-refractivity contribution >= 4 is 0 Å². The molecule has 0 aliphatic heterocycles. The molecule has 0 spiro atoms. The van der Waals surface area contributed by atoms with Gasteiger partial charge in [0.2, 0.25) is 0 Å². The highest BCUT2D eigenvalue weighted by molar-refractivity contribution is 4.15. The molecule has 0 amide bonds. The fraction of sp³-hybridized carbons (Fsp3) is 1.00. The molecule has 0 bridgehead atoms. The lowest BCUT2D eigenvalue weighted by atomic mass is 10.8. The Labute approximate surface area is 40.8 Å². The van der Waals surface area contributed by atoms with Gasteiger partial charge in [0.15, 0.2) is 0 Å². The van der Waals surface area contributed by atoms with Crippen LogP contribution in [0.1, 0.15) is 6.92 Å². The summed E-state index contributed by atoms with van der Waals surface area (Å²) in [6, 6.07) is 0. The van der Waals surface area contributed by atoms with Crippen molar-refractivity contribution in [3.63, 3.8) is 0 Å². The molecular weight excluding hydrogens is 98.0 g/mol. The van der Waals surface area contributed by atoms with E-state index < -0.39 is 0 Å². The maximum absolute atomic E-state index is 9.74. The van der Waals surface area contributed by atoms with Crippen LogP contribution in [-0.2, 0) is 0 Å². The number of hydrogen-bond acceptors (Lipinski definition) is 3. The largest absolute Gasteiger partial charge is 0.737 e. The highest BCUT2D eigenvalue weighted by Crippen LogP contribution is 1.62. The quantitative estimate of drug-likeness (QED) is 0.303. The predicted molar refractivity (Wildman–Crippen MR) is 23.1 cm³/mol. The predicted octanol–water partition coefficient (Wildman–Crippen LogP) is -0.0288. The molecule has 0 radical (unpaired) electrons. The molecule has 0 unspecified atom stereocenters. The van der Waals surface area contributed by atoms with Crippen LogP contribution in [0.4, 0.5) is 0 Å². The Hall–Kier alpha value is -1.00. The normalized spacial score (nSPS) is 11.3. The van der Waals surface area contributed by atoms with Crippen LogP contribution in [-0.4, -0.2) is 11.5 Å². The minimum atomic E-state index is -0.125. The van der Waals surface area contributed by atoms with E-state index in [0.29, 0.717) is 6.54 Å². The third-order valence-electron chi connectivity index (χ3n) is 0.368. The fourth-order valence-electron chi connectivity index (χ4n) is 0.164. The number of nitrogens with zero attached hydrogens (tertiary/aromatic N) is 2. The van der Waals surface area contributed by atoms with Crippen molar-refractivity contribution in [2.75, 3.05) is 6.54 Å². The van der Waals surface area contributed by atoms with E-state index in [1.165, 1.54) is 0 Å². The zero-order chi connectivity index (χ0) is 5.70. The third kappa shape index (κ3) is 2.81. The summed E-state index contributed by atoms with van der Waals surface area (Å²) in [6.45, 7) is 2.10. The van der Waals surface area contributed by atoms with Crippen LogP contribution in [0.5, 0.6) is 0 Å². The second kappa shape index (κ2) is 3.20. The van der Waals surface area contributed by atoms with Crippen LogP contribution in [0.25, 0.3) is 0 Å². The van der Waals surface area contributed by atoms with E-state index in [1.807, 2.05) is 5.28 Å². The lowest BCUT2D eigenvalue weighted by molar-refractivity contribution is -0.585. The van der Waals surface area contributed by atoms with E-state index in [1.54, 1.807) is 6.92 Å². The summed E-state index contributed by atoms with van der Waals surface area (Å²) in [5.41, 5.74) is 2.09. The summed E-state index contributed by atoms with van der Waals surface area (Å²) in [7, 11) is 0. The van der Waals surface area contributed by atoms with Crippen molar-refractivity contribution in [2.24, 2.45) is 5.28 Å². The second-order valence-electron chi connectivity index (χ2n) is 0.866. The molecule has 7 heavy (non-hydrogen) atoms. The van der Waals surface area contributed by atoms with Gasteiger partial charge >= 0.3 is 0 Å². The Morgan fingerprint density at radius 2 is 2.43 bits per heavy atom. The molecule has 0 saturated carbocycles. The van der Waals surface area contributed by atoms with Gasteiger partial charge in [-0.05, 0) is 12.2 Å². The molecule has 5 heteroatoms. The maximum Gasteiger partial charge on any atom is 0.0710 e. The molecule has 0 atom stereocenters. The average molecular weight is 104 g/mol. The summed E-state index contributed by atoms with van der Waals surface area (Å²) in [6.07, 6.45) is 0. The first kappa shape index (κ1) is 6.00. The first-order chi connectivity index (χ1) is 3.31. The average Bonchev–Trinajstić information content (AvgIpc) is 1.68. The Morgan fingerprint density at radius 3 is 2.57 bits per heavy atom. The topological polar surface area (TPSA) is 73.5 Å². The Bertz CT molecular complexity index is 71.3. The van der Waals surface area contributed by atoms with Gasteiger partial charge in [0.1, 0.15) is 0 Å². The molecule has 0 saturated heterocycles. The fourth-order valence-corrected chi connectivity index (χ4v) is 0.164. The SMILES string of the molecule is CCN/[N+]([O-])=N/[O-]. The number of rotatable bonds is 2. The van der Waals surface area contributed by atoms with Crippen LogP contribution in [0.2, 0.25) is 0 Å². The molecule has 0 rings (SSSR count). The van der Waals surface area contributed by atoms with Crippen molar-refractivity contribution in [1.29, 1.82) is 0 Å². The van der Waals surface area contributed by atoms with Crippen molar-refractivity contribution in [2.45, 2.75) is 6.92 Å². The van der Waals surface area contributed by atoms with E-state index in [2.05, 4.69) is 5.43 Å². The monoisotopic (exact) mass is 104 g/mol. The zero-order valence-corrected chi connectivity index (χ0v) is 3.92. The van der Waals surface area contributed by atoms with E-state index >= 15 is 0 Å². The molecule has 0 aromatic carbocycles. The van der Waals surface area contributed by atoms with Gasteiger partial charge in [-0.25, -0.2) is 0 Å². The lowest BCUT2D eigenvalue weighted by Crippen LogP contribution is -2.20. The van der Waals surface area contributed by atoms with E-state index in [4.69, 9.17) is 0 Å². The molecule has 42 valence electrons. The number of hydrazine groups is 1. The van der Waals surface area contributed by atoms with Gasteiger partial charge in [-0.3, -0.25) is 0 Å². The van der Waals surface area contributed by atoms with E-state index in [9.17, 15) is 10.4 Å². The molecular formula is C2H6N3O2-. The van der Waals surface area contributed by atoms with Gasteiger partial charge in [-0.15, -0.1) is 0 Å². The highest BCUT2D eigenvalue weighted by atomic mass is 16.6. The molecule has 5 nitrogen and oxygen atoms in total. The Morgan fingerprint density at radius 1 is 1.86 bits per heavy atom. The second-order valence-corrected chi connectivity index (χ2v) is 0.866. The lowest BCUT2D eigenvalue weighted by Gasteiger charge is -1.97. The summed E-state index contributed by atoms with van der Waals surface area (Å²) >= 11 is 0. The first-order valence-corrected chi connectivity index (χ1v) is 1.85. The van der Waals surface area contributed by atoms with Crippen molar-refractivity contribution < 1.29 is 4.97 Å². The van der Waals surface area contributed by atoms with Crippen molar-refractivity contribution in [3.05, 3.63) is 10.4 Å². The molecule has 0 aromatic rings. The standard InChI is InChI=1S/C2H7N3O2/c1-2-3-5(7)4-6/h6H,2H2,1H3,(H,3,4)/p-1. The Balaban J connectivity index is 3.17. The van der Waals surface area contributed by atoms with Crippen LogP contribution in [0.15, 0.2) is 5.28 Å². The van der Waals surface area contributed by atoms with Crippen LogP contribution in [0, 0.1) is 10.4 Å². The van der Waals surface area contributed by atoms with Crippen LogP contribution < -0.4 is 5.43 Å². The minimum Gasteiger partial charge on any atom is -0.737 e. The summed E-state index contributed by atoms with van der Waals surface area (Å²) < 4.78 is 0. The molecule has 1 N–H and O–H groups in total. The molecule has 0 heterocycles. The number of hydrogen-bond donors (Lipinski definition) is 1. The molecule has 0 aliphatic carbocycles. The molecule has 0 aliphatic rings. The molecule has 0 aromatic heterocycles. The number of nitrogens with one attached hydrogen (secondary N) is 1. The van der Waals surface area contributed by atoms with Gasteiger partial charge in [0.25, 0.3) is 0 Å². The summed E-state index contributed by atoms with van der Waals surface area (Å²) in [5, 5.41) is 20.9. The minimum absolute atomic E-state index is 0.125. The van der Waals surface area contributed by atoms with E-state index in [-0.39, 0.29) is 4.97 Å². The third-order valence-corrected chi connectivity index (χ3v) is 0.368. The van der Waals surface area contributed by atoms with Gasteiger partial charge in [0, 0.05) is 4.97 Å². The van der Waals surface area contributed by atoms with Gasteiger partial charge in [-0.2, -0.15) is 5.43 Å². The van der Waals surface area contributed by atoms with E-state index in [0.717, 1.165) is 0 Å². The highest BCUT2D eigenvalue weighted by Gasteiger charge is 1.77. The molecule has 0 fully saturated rings.